The van der Waals surface area contributed by atoms with Crippen LogP contribution in [-0.2, 0) is 16.0 Å². The number of carbonyl (C=O) groups is 3. The van der Waals surface area contributed by atoms with Crippen LogP contribution in [0.3, 0.4) is 0 Å². The van der Waals surface area contributed by atoms with Crippen molar-refractivity contribution in [2.24, 2.45) is 5.92 Å². The fourth-order valence-electron chi connectivity index (χ4n) is 3.96. The lowest BCUT2D eigenvalue weighted by molar-refractivity contribution is -0.132. The maximum Gasteiger partial charge on any atom is 0.251 e. The summed E-state index contributed by atoms with van der Waals surface area (Å²) in [4.78, 5) is 40.0. The van der Waals surface area contributed by atoms with Crippen LogP contribution in [0.5, 0.6) is 0 Å². The highest BCUT2D eigenvalue weighted by Gasteiger charge is 2.34. The number of nitrogens with zero attached hydrogens (tertiary/aromatic N) is 1. The molecule has 32 heavy (non-hydrogen) atoms. The minimum Gasteiger partial charge on any atom is -0.352 e. The number of rotatable bonds is 7. The summed E-state index contributed by atoms with van der Waals surface area (Å²) in [5.41, 5.74) is 1.27. The van der Waals surface area contributed by atoms with Crippen molar-refractivity contribution in [1.82, 2.24) is 15.5 Å². The van der Waals surface area contributed by atoms with E-state index in [1.807, 2.05) is 49.1 Å². The predicted molar refractivity (Wildman–Crippen MR) is 120 cm³/mol. The van der Waals surface area contributed by atoms with Crippen molar-refractivity contribution in [2.45, 2.75) is 45.2 Å². The largest absolute Gasteiger partial charge is 0.352 e. The minimum atomic E-state index is -0.721. The molecule has 2 N–H and O–H groups in total. The fraction of sp³-hybridized carbons (Fsp3) is 0.400. The summed E-state index contributed by atoms with van der Waals surface area (Å²) < 4.78 is 13.2. The summed E-state index contributed by atoms with van der Waals surface area (Å²) in [5.74, 6) is -1.13. The molecule has 1 aliphatic heterocycles. The van der Waals surface area contributed by atoms with Gasteiger partial charge in [0.15, 0.2) is 0 Å². The summed E-state index contributed by atoms with van der Waals surface area (Å²) in [6, 6.07) is 14.0. The second kappa shape index (κ2) is 10.9. The van der Waals surface area contributed by atoms with E-state index in [1.165, 1.54) is 24.3 Å². The van der Waals surface area contributed by atoms with Crippen molar-refractivity contribution in [3.8, 4) is 0 Å². The van der Waals surface area contributed by atoms with Gasteiger partial charge in [-0.3, -0.25) is 14.4 Å². The fourth-order valence-corrected chi connectivity index (χ4v) is 3.96. The quantitative estimate of drug-likeness (QED) is 0.696. The number of amides is 3. The van der Waals surface area contributed by atoms with Crippen LogP contribution < -0.4 is 10.6 Å². The Kier molecular flexibility index (Phi) is 7.98. The van der Waals surface area contributed by atoms with Gasteiger partial charge < -0.3 is 15.5 Å². The van der Waals surface area contributed by atoms with E-state index in [0.29, 0.717) is 37.9 Å². The first-order valence-corrected chi connectivity index (χ1v) is 11.0. The van der Waals surface area contributed by atoms with Gasteiger partial charge in [0.2, 0.25) is 11.8 Å². The second-order valence-corrected chi connectivity index (χ2v) is 8.50. The molecule has 0 saturated carbocycles. The molecule has 6 nitrogen and oxygen atoms in total. The SMILES string of the molecule is CC(C)NC(=O)[C@@H](NC(=O)c1ccc(F)cc1)C1CCN(C(=O)Cc2ccccc2)CC1. The van der Waals surface area contributed by atoms with Crippen LogP contribution >= 0.6 is 0 Å². The number of carbonyl (C=O) groups excluding carboxylic acids is 3. The van der Waals surface area contributed by atoms with Crippen LogP contribution in [0, 0.1) is 11.7 Å². The van der Waals surface area contributed by atoms with E-state index in [4.69, 9.17) is 0 Å². The molecule has 1 heterocycles. The second-order valence-electron chi connectivity index (χ2n) is 8.50. The van der Waals surface area contributed by atoms with Gasteiger partial charge in [-0.15, -0.1) is 0 Å². The van der Waals surface area contributed by atoms with Crippen LogP contribution in [0.4, 0.5) is 4.39 Å². The first kappa shape index (κ1) is 23.4. The molecule has 0 spiro atoms. The van der Waals surface area contributed by atoms with Crippen LogP contribution in [0.25, 0.3) is 0 Å². The monoisotopic (exact) mass is 439 g/mol. The van der Waals surface area contributed by atoms with Gasteiger partial charge >= 0.3 is 0 Å². The standard InChI is InChI=1S/C25H30FN3O3/c1-17(2)27-25(32)23(28-24(31)20-8-10-21(26)11-9-20)19-12-14-29(15-13-19)22(30)16-18-6-4-3-5-7-18/h3-11,17,19,23H,12-16H2,1-2H3,(H,27,32)(H,28,31)/t23-/m0/s1. The number of nitrogens with one attached hydrogen (secondary N) is 2. The molecule has 3 rings (SSSR count). The zero-order valence-electron chi connectivity index (χ0n) is 18.5. The Morgan fingerprint density at radius 2 is 1.59 bits per heavy atom. The van der Waals surface area contributed by atoms with E-state index in [2.05, 4.69) is 10.6 Å². The summed E-state index contributed by atoms with van der Waals surface area (Å²) in [6.45, 7) is 4.80. The molecule has 1 atom stereocenters. The molecule has 3 amide bonds. The Bertz CT molecular complexity index is 923. The van der Waals surface area contributed by atoms with Crippen LogP contribution in [-0.4, -0.2) is 47.8 Å². The van der Waals surface area contributed by atoms with Crippen molar-refractivity contribution in [1.29, 1.82) is 0 Å². The van der Waals surface area contributed by atoms with Gasteiger partial charge in [-0.2, -0.15) is 0 Å². The zero-order valence-corrected chi connectivity index (χ0v) is 18.5. The molecule has 1 fully saturated rings. The molecule has 2 aromatic rings. The molecule has 0 radical (unpaired) electrons. The number of piperidine rings is 1. The zero-order chi connectivity index (χ0) is 23.1. The van der Waals surface area contributed by atoms with Gasteiger partial charge in [0.25, 0.3) is 5.91 Å². The van der Waals surface area contributed by atoms with E-state index in [9.17, 15) is 18.8 Å². The van der Waals surface area contributed by atoms with Gasteiger partial charge in [0, 0.05) is 24.7 Å². The molecule has 0 bridgehead atoms. The normalized spacial score (nSPS) is 15.3. The molecule has 2 aromatic carbocycles. The Labute approximate surface area is 188 Å². The van der Waals surface area contributed by atoms with Gasteiger partial charge in [-0.05, 0) is 62.4 Å². The highest BCUT2D eigenvalue weighted by atomic mass is 19.1. The number of hydrogen-bond donors (Lipinski definition) is 2. The lowest BCUT2D eigenvalue weighted by Crippen LogP contribution is -2.54. The third-order valence-corrected chi connectivity index (χ3v) is 5.67. The number of halogens is 1. The third-order valence-electron chi connectivity index (χ3n) is 5.67. The molecular weight excluding hydrogens is 409 g/mol. The number of likely N-dealkylation sites (tertiary alicyclic amines) is 1. The van der Waals surface area contributed by atoms with E-state index in [1.54, 1.807) is 0 Å². The highest BCUT2D eigenvalue weighted by molar-refractivity contribution is 5.97. The molecule has 7 heteroatoms. The van der Waals surface area contributed by atoms with Crippen molar-refractivity contribution in [2.75, 3.05) is 13.1 Å². The smallest absolute Gasteiger partial charge is 0.251 e. The predicted octanol–water partition coefficient (Wildman–Crippen LogP) is 2.93. The van der Waals surface area contributed by atoms with E-state index >= 15 is 0 Å². The van der Waals surface area contributed by atoms with Crippen LogP contribution in [0.2, 0.25) is 0 Å². The van der Waals surface area contributed by atoms with Gasteiger partial charge in [-0.1, -0.05) is 30.3 Å². The van der Waals surface area contributed by atoms with Crippen LogP contribution in [0.1, 0.15) is 42.6 Å². The Hall–Kier alpha value is -3.22. The molecule has 0 aromatic heterocycles. The number of hydrogen-bond acceptors (Lipinski definition) is 3. The van der Waals surface area contributed by atoms with Gasteiger partial charge in [-0.25, -0.2) is 4.39 Å². The van der Waals surface area contributed by atoms with Gasteiger partial charge in [0.1, 0.15) is 11.9 Å². The Balaban J connectivity index is 1.64. The lowest BCUT2D eigenvalue weighted by atomic mass is 9.88. The minimum absolute atomic E-state index is 0.0631. The summed E-state index contributed by atoms with van der Waals surface area (Å²) in [6.07, 6.45) is 1.57. The Morgan fingerprint density at radius 1 is 0.969 bits per heavy atom. The summed E-state index contributed by atoms with van der Waals surface area (Å²) >= 11 is 0. The molecular formula is C25H30FN3O3. The first-order chi connectivity index (χ1) is 15.3. The lowest BCUT2D eigenvalue weighted by Gasteiger charge is -2.36. The first-order valence-electron chi connectivity index (χ1n) is 11.0. The molecule has 1 aliphatic rings. The van der Waals surface area contributed by atoms with E-state index in [-0.39, 0.29) is 23.8 Å². The maximum absolute atomic E-state index is 13.2. The topological polar surface area (TPSA) is 78.5 Å². The van der Waals surface area contributed by atoms with Crippen molar-refractivity contribution in [3.05, 3.63) is 71.5 Å². The summed E-state index contributed by atoms with van der Waals surface area (Å²) in [5, 5.41) is 5.71. The van der Waals surface area contributed by atoms with Crippen molar-refractivity contribution in [3.63, 3.8) is 0 Å². The number of benzene rings is 2. The molecule has 0 aliphatic carbocycles. The maximum atomic E-state index is 13.2. The van der Waals surface area contributed by atoms with E-state index < -0.39 is 17.8 Å². The van der Waals surface area contributed by atoms with Gasteiger partial charge in [0.05, 0.1) is 6.42 Å². The van der Waals surface area contributed by atoms with E-state index in [0.717, 1.165) is 5.56 Å². The Morgan fingerprint density at radius 3 is 2.19 bits per heavy atom. The van der Waals surface area contributed by atoms with Crippen molar-refractivity contribution < 1.29 is 18.8 Å². The summed E-state index contributed by atoms with van der Waals surface area (Å²) in [7, 11) is 0. The average Bonchev–Trinajstić information content (AvgIpc) is 2.78. The molecule has 0 unspecified atom stereocenters. The van der Waals surface area contributed by atoms with Crippen LogP contribution in [0.15, 0.2) is 54.6 Å². The highest BCUT2D eigenvalue weighted by Crippen LogP contribution is 2.22. The molecule has 170 valence electrons. The van der Waals surface area contributed by atoms with Crippen molar-refractivity contribution >= 4 is 17.7 Å². The molecule has 1 saturated heterocycles. The third kappa shape index (κ3) is 6.39. The average molecular weight is 440 g/mol.